The van der Waals surface area contributed by atoms with Crippen molar-refractivity contribution in [1.82, 2.24) is 5.32 Å². The van der Waals surface area contributed by atoms with E-state index in [9.17, 15) is 0 Å². The van der Waals surface area contributed by atoms with Crippen LogP contribution in [0.5, 0.6) is 0 Å². The van der Waals surface area contributed by atoms with E-state index in [1.165, 1.54) is 28.5 Å². The predicted octanol–water partition coefficient (Wildman–Crippen LogP) is 3.58. The molecule has 1 heterocycles. The van der Waals surface area contributed by atoms with E-state index < -0.39 is 0 Å². The van der Waals surface area contributed by atoms with Crippen molar-refractivity contribution < 1.29 is 0 Å². The van der Waals surface area contributed by atoms with Crippen LogP contribution >= 0.6 is 11.3 Å². The molecule has 2 heteroatoms. The molecule has 1 unspecified atom stereocenters. The molecule has 0 saturated heterocycles. The maximum Gasteiger partial charge on any atom is 0.0345 e. The van der Waals surface area contributed by atoms with Crippen LogP contribution in [0.25, 0.3) is 10.1 Å². The van der Waals surface area contributed by atoms with E-state index in [-0.39, 0.29) is 0 Å². The van der Waals surface area contributed by atoms with Crippen LogP contribution < -0.4 is 5.32 Å². The lowest BCUT2D eigenvalue weighted by Crippen LogP contribution is -2.29. The highest BCUT2D eigenvalue weighted by Gasteiger charge is 2.22. The van der Waals surface area contributed by atoms with Crippen LogP contribution in [0.2, 0.25) is 0 Å². The van der Waals surface area contributed by atoms with Gasteiger partial charge in [0.2, 0.25) is 0 Å². The van der Waals surface area contributed by atoms with Gasteiger partial charge in [0, 0.05) is 16.8 Å². The average Bonchev–Trinajstić information content (AvgIpc) is 3.00. The molecule has 1 nitrogen and oxygen atoms in total. The van der Waals surface area contributed by atoms with Crippen LogP contribution in [0.3, 0.4) is 0 Å². The molecule has 16 heavy (non-hydrogen) atoms. The Labute approximate surface area is 100 Å². The van der Waals surface area contributed by atoms with E-state index in [0.29, 0.717) is 6.04 Å². The van der Waals surface area contributed by atoms with Crippen molar-refractivity contribution in [3.8, 4) is 0 Å². The Morgan fingerprint density at radius 3 is 3.00 bits per heavy atom. The van der Waals surface area contributed by atoms with Crippen LogP contribution in [0.15, 0.2) is 29.6 Å². The SMILES string of the molecule is CC(Cc1csc2ccccc12)NC1CC1. The molecule has 1 saturated carbocycles. The second-order valence-corrected chi connectivity index (χ2v) is 5.71. The highest BCUT2D eigenvalue weighted by atomic mass is 32.1. The molecule has 1 aliphatic carbocycles. The highest BCUT2D eigenvalue weighted by molar-refractivity contribution is 7.17. The third kappa shape index (κ3) is 2.13. The van der Waals surface area contributed by atoms with Crippen LogP contribution in [-0.2, 0) is 6.42 Å². The molecular weight excluding hydrogens is 214 g/mol. The van der Waals surface area contributed by atoms with E-state index in [2.05, 4.69) is 41.9 Å². The van der Waals surface area contributed by atoms with E-state index in [0.717, 1.165) is 12.5 Å². The Morgan fingerprint density at radius 2 is 2.19 bits per heavy atom. The Balaban J connectivity index is 1.77. The van der Waals surface area contributed by atoms with E-state index in [1.54, 1.807) is 0 Å². The third-order valence-corrected chi connectivity index (χ3v) is 4.20. The summed E-state index contributed by atoms with van der Waals surface area (Å²) >= 11 is 1.86. The van der Waals surface area contributed by atoms with Crippen molar-refractivity contribution in [2.75, 3.05) is 0 Å². The van der Waals surface area contributed by atoms with Crippen LogP contribution in [-0.4, -0.2) is 12.1 Å². The van der Waals surface area contributed by atoms with Gasteiger partial charge in [-0.05, 0) is 48.6 Å². The summed E-state index contributed by atoms with van der Waals surface area (Å²) in [5.41, 5.74) is 1.50. The molecule has 0 bridgehead atoms. The van der Waals surface area contributed by atoms with Gasteiger partial charge < -0.3 is 5.32 Å². The van der Waals surface area contributed by atoms with Gasteiger partial charge in [0.1, 0.15) is 0 Å². The monoisotopic (exact) mass is 231 g/mol. The molecule has 84 valence electrons. The molecule has 1 aliphatic rings. The number of benzene rings is 1. The first kappa shape index (κ1) is 10.3. The van der Waals surface area contributed by atoms with Crippen molar-refractivity contribution in [3.05, 3.63) is 35.2 Å². The summed E-state index contributed by atoms with van der Waals surface area (Å²) in [5, 5.41) is 7.42. The topological polar surface area (TPSA) is 12.0 Å². The lowest BCUT2D eigenvalue weighted by Gasteiger charge is -2.12. The summed E-state index contributed by atoms with van der Waals surface area (Å²) < 4.78 is 1.41. The minimum atomic E-state index is 0.602. The molecule has 0 amide bonds. The zero-order valence-electron chi connectivity index (χ0n) is 9.57. The first-order chi connectivity index (χ1) is 7.83. The Kier molecular flexibility index (Phi) is 2.70. The van der Waals surface area contributed by atoms with Crippen molar-refractivity contribution in [2.24, 2.45) is 0 Å². The summed E-state index contributed by atoms with van der Waals surface area (Å²) in [6.07, 6.45) is 3.89. The molecule has 3 rings (SSSR count). The fourth-order valence-corrected chi connectivity index (χ4v) is 3.21. The fourth-order valence-electron chi connectivity index (χ4n) is 2.23. The predicted molar refractivity (Wildman–Crippen MR) is 71.1 cm³/mol. The molecule has 1 atom stereocenters. The van der Waals surface area contributed by atoms with Crippen molar-refractivity contribution in [2.45, 2.75) is 38.3 Å². The van der Waals surface area contributed by atoms with Gasteiger partial charge in [-0.15, -0.1) is 11.3 Å². The van der Waals surface area contributed by atoms with Crippen molar-refractivity contribution >= 4 is 21.4 Å². The standard InChI is InChI=1S/C14H17NS/c1-10(15-12-6-7-12)8-11-9-16-14-5-3-2-4-13(11)14/h2-5,9-10,12,15H,6-8H2,1H3. The van der Waals surface area contributed by atoms with Crippen LogP contribution in [0.1, 0.15) is 25.3 Å². The summed E-state index contributed by atoms with van der Waals surface area (Å²) in [6.45, 7) is 2.30. The Hall–Kier alpha value is -0.860. The molecule has 1 fully saturated rings. The van der Waals surface area contributed by atoms with Crippen LogP contribution in [0, 0.1) is 0 Å². The number of hydrogen-bond donors (Lipinski definition) is 1. The van der Waals surface area contributed by atoms with Gasteiger partial charge >= 0.3 is 0 Å². The van der Waals surface area contributed by atoms with Gasteiger partial charge in [0.05, 0.1) is 0 Å². The highest BCUT2D eigenvalue weighted by Crippen LogP contribution is 2.27. The molecule has 2 aromatic rings. The summed E-state index contributed by atoms with van der Waals surface area (Å²) in [7, 11) is 0. The molecule has 1 N–H and O–H groups in total. The Bertz CT molecular complexity index is 484. The molecule has 1 aromatic heterocycles. The smallest absolute Gasteiger partial charge is 0.0345 e. The molecule has 1 aromatic carbocycles. The van der Waals surface area contributed by atoms with Gasteiger partial charge in [-0.2, -0.15) is 0 Å². The lowest BCUT2D eigenvalue weighted by atomic mass is 10.1. The second-order valence-electron chi connectivity index (χ2n) is 4.80. The maximum atomic E-state index is 3.66. The van der Waals surface area contributed by atoms with Crippen LogP contribution in [0.4, 0.5) is 0 Å². The second kappa shape index (κ2) is 4.19. The third-order valence-electron chi connectivity index (χ3n) is 3.18. The van der Waals surface area contributed by atoms with E-state index in [1.807, 2.05) is 11.3 Å². The molecule has 0 aliphatic heterocycles. The number of hydrogen-bond acceptors (Lipinski definition) is 2. The fraction of sp³-hybridized carbons (Fsp3) is 0.429. The molecule has 0 radical (unpaired) electrons. The van der Waals surface area contributed by atoms with Gasteiger partial charge in [-0.3, -0.25) is 0 Å². The lowest BCUT2D eigenvalue weighted by molar-refractivity contribution is 0.544. The maximum absolute atomic E-state index is 3.66. The number of nitrogens with one attached hydrogen (secondary N) is 1. The summed E-state index contributed by atoms with van der Waals surface area (Å²) in [4.78, 5) is 0. The largest absolute Gasteiger partial charge is 0.311 e. The minimum Gasteiger partial charge on any atom is -0.311 e. The summed E-state index contributed by atoms with van der Waals surface area (Å²) in [5.74, 6) is 0. The molecular formula is C14H17NS. The Morgan fingerprint density at radius 1 is 1.38 bits per heavy atom. The number of rotatable bonds is 4. The molecule has 0 spiro atoms. The zero-order chi connectivity index (χ0) is 11.0. The van der Waals surface area contributed by atoms with Gasteiger partial charge in [0.15, 0.2) is 0 Å². The van der Waals surface area contributed by atoms with E-state index >= 15 is 0 Å². The van der Waals surface area contributed by atoms with Crippen molar-refractivity contribution in [3.63, 3.8) is 0 Å². The van der Waals surface area contributed by atoms with E-state index in [4.69, 9.17) is 0 Å². The van der Waals surface area contributed by atoms with Gasteiger partial charge in [-0.25, -0.2) is 0 Å². The average molecular weight is 231 g/mol. The van der Waals surface area contributed by atoms with Gasteiger partial charge in [0.25, 0.3) is 0 Å². The first-order valence-electron chi connectivity index (χ1n) is 6.04. The van der Waals surface area contributed by atoms with Gasteiger partial charge in [-0.1, -0.05) is 18.2 Å². The number of thiophene rings is 1. The first-order valence-corrected chi connectivity index (χ1v) is 6.92. The van der Waals surface area contributed by atoms with Crippen molar-refractivity contribution in [1.29, 1.82) is 0 Å². The number of fused-ring (bicyclic) bond motifs is 1. The normalized spacial score (nSPS) is 17.8. The quantitative estimate of drug-likeness (QED) is 0.848. The summed E-state index contributed by atoms with van der Waals surface area (Å²) in [6, 6.07) is 10.1. The zero-order valence-corrected chi connectivity index (χ0v) is 10.4. The minimum absolute atomic E-state index is 0.602.